The fourth-order valence-corrected chi connectivity index (χ4v) is 2.70. The summed E-state index contributed by atoms with van der Waals surface area (Å²) in [4.78, 5) is 11.8. The van der Waals surface area contributed by atoms with E-state index in [1.54, 1.807) is 19.1 Å². The number of esters is 1. The molecular weight excluding hydrogens is 318 g/mol. The van der Waals surface area contributed by atoms with E-state index in [9.17, 15) is 9.90 Å². The van der Waals surface area contributed by atoms with Crippen LogP contribution in [-0.4, -0.2) is 37.9 Å². The maximum absolute atomic E-state index is 11.8. The molecule has 0 radical (unpaired) electrons. The number of ether oxygens (including phenoxy) is 2. The minimum absolute atomic E-state index is 0.313. The molecule has 0 fully saturated rings. The van der Waals surface area contributed by atoms with Crippen molar-refractivity contribution in [3.63, 3.8) is 0 Å². The summed E-state index contributed by atoms with van der Waals surface area (Å²) >= 11 is 0. The number of carbonyl (C=O) groups excluding carboxylic acids is 1. The van der Waals surface area contributed by atoms with Crippen LogP contribution in [0.25, 0.3) is 11.1 Å². The lowest BCUT2D eigenvalue weighted by Gasteiger charge is -2.21. The third-order valence-corrected chi connectivity index (χ3v) is 3.96. The second-order valence-corrected chi connectivity index (χ2v) is 5.70. The van der Waals surface area contributed by atoms with Crippen molar-refractivity contribution in [1.82, 2.24) is 5.32 Å². The molecule has 2 aromatic rings. The zero-order valence-corrected chi connectivity index (χ0v) is 14.9. The molecule has 0 aliphatic heterocycles. The molecule has 134 valence electrons. The minimum atomic E-state index is -1.07. The van der Waals surface area contributed by atoms with Crippen LogP contribution < -0.4 is 5.32 Å². The van der Waals surface area contributed by atoms with E-state index < -0.39 is 18.2 Å². The highest BCUT2D eigenvalue weighted by atomic mass is 16.6. The summed E-state index contributed by atoms with van der Waals surface area (Å²) < 4.78 is 10.0. The Hall–Kier alpha value is -2.21. The molecule has 2 rings (SSSR count). The number of nitrogens with one attached hydrogen (secondary N) is 1. The first-order valence-corrected chi connectivity index (χ1v) is 8.32. The molecule has 0 amide bonds. The van der Waals surface area contributed by atoms with E-state index in [0.29, 0.717) is 12.2 Å². The number of hydrogen-bond donors (Lipinski definition) is 2. The first-order chi connectivity index (χ1) is 12.1. The Bertz CT molecular complexity index is 684. The van der Waals surface area contributed by atoms with E-state index in [2.05, 4.69) is 17.4 Å². The largest absolute Gasteiger partial charge is 0.467 e. The third kappa shape index (κ3) is 4.89. The van der Waals surface area contributed by atoms with Crippen LogP contribution in [0.2, 0.25) is 0 Å². The molecule has 2 N–H and O–H groups in total. The van der Waals surface area contributed by atoms with Crippen molar-refractivity contribution in [2.75, 3.05) is 20.8 Å². The number of aliphatic hydroxyl groups excluding tert-OH is 1. The Kier molecular flexibility index (Phi) is 7.13. The molecule has 0 saturated carbocycles. The molecule has 2 unspecified atom stereocenters. The normalized spacial score (nSPS) is 13.3. The molecule has 0 spiro atoms. The Morgan fingerprint density at radius 3 is 2.48 bits per heavy atom. The van der Waals surface area contributed by atoms with Crippen LogP contribution in [0.4, 0.5) is 0 Å². The summed E-state index contributed by atoms with van der Waals surface area (Å²) in [6.07, 6.45) is -2.10. The quantitative estimate of drug-likeness (QED) is 0.721. The average Bonchev–Trinajstić information content (AvgIpc) is 2.65. The summed E-state index contributed by atoms with van der Waals surface area (Å²) in [7, 11) is 3.20. The monoisotopic (exact) mass is 343 g/mol. The highest BCUT2D eigenvalue weighted by Crippen LogP contribution is 2.25. The van der Waals surface area contributed by atoms with E-state index in [-0.39, 0.29) is 0 Å². The molecule has 0 aliphatic rings. The van der Waals surface area contributed by atoms with Crippen LogP contribution in [0.1, 0.15) is 24.2 Å². The molecule has 25 heavy (non-hydrogen) atoms. The van der Waals surface area contributed by atoms with Gasteiger partial charge in [-0.25, -0.2) is 4.79 Å². The molecule has 5 nitrogen and oxygen atoms in total. The molecular formula is C20H25NO4. The van der Waals surface area contributed by atoms with Crippen LogP contribution in [0.15, 0.2) is 48.5 Å². The first kappa shape index (κ1) is 19.1. The van der Waals surface area contributed by atoms with Crippen molar-refractivity contribution in [3.8, 4) is 11.1 Å². The Balaban J connectivity index is 2.21. The van der Waals surface area contributed by atoms with Crippen molar-refractivity contribution in [3.05, 3.63) is 59.7 Å². The minimum Gasteiger partial charge on any atom is -0.467 e. The van der Waals surface area contributed by atoms with E-state index in [4.69, 9.17) is 9.47 Å². The fraction of sp³-hybridized carbons (Fsp3) is 0.350. The number of carbonyl (C=O) groups is 1. The standard InChI is InChI=1S/C20H25NO4/c1-4-25-19(20(23)24-3)18(22)16-10-8-15(9-11-16)17-7-5-6-14(12-17)13-21-2/h5-12,18-19,21-22H,4,13H2,1-3H3. The van der Waals surface area contributed by atoms with Gasteiger partial charge < -0.3 is 19.9 Å². The maximum atomic E-state index is 11.8. The lowest BCUT2D eigenvalue weighted by atomic mass is 9.98. The lowest BCUT2D eigenvalue weighted by Crippen LogP contribution is -2.32. The number of methoxy groups -OCH3 is 1. The molecule has 2 aromatic carbocycles. The fourth-order valence-electron chi connectivity index (χ4n) is 2.70. The van der Waals surface area contributed by atoms with Crippen LogP contribution in [0.5, 0.6) is 0 Å². The maximum Gasteiger partial charge on any atom is 0.338 e. The van der Waals surface area contributed by atoms with Crippen LogP contribution in [-0.2, 0) is 20.8 Å². The molecule has 0 aromatic heterocycles. The Labute approximate surface area is 148 Å². The molecule has 2 atom stereocenters. The van der Waals surface area contributed by atoms with Crippen molar-refractivity contribution >= 4 is 5.97 Å². The predicted octanol–water partition coefficient (Wildman–Crippen LogP) is 2.68. The summed E-state index contributed by atoms with van der Waals surface area (Å²) in [6, 6.07) is 15.7. The summed E-state index contributed by atoms with van der Waals surface area (Å²) in [6.45, 7) is 2.89. The van der Waals surface area contributed by atoms with Gasteiger partial charge >= 0.3 is 5.97 Å². The highest BCUT2D eigenvalue weighted by molar-refractivity contribution is 5.75. The van der Waals surface area contributed by atoms with Gasteiger partial charge in [-0.15, -0.1) is 0 Å². The van der Waals surface area contributed by atoms with Gasteiger partial charge in [0.25, 0.3) is 0 Å². The molecule has 0 bridgehead atoms. The van der Waals surface area contributed by atoms with Crippen LogP contribution >= 0.6 is 0 Å². The van der Waals surface area contributed by atoms with Gasteiger partial charge in [-0.2, -0.15) is 0 Å². The van der Waals surface area contributed by atoms with Gasteiger partial charge in [0.2, 0.25) is 0 Å². The topological polar surface area (TPSA) is 67.8 Å². The molecule has 5 heteroatoms. The second kappa shape index (κ2) is 9.32. The van der Waals surface area contributed by atoms with Gasteiger partial charge in [-0.3, -0.25) is 0 Å². The van der Waals surface area contributed by atoms with Crippen LogP contribution in [0, 0.1) is 0 Å². The number of hydrogen-bond acceptors (Lipinski definition) is 5. The zero-order chi connectivity index (χ0) is 18.2. The van der Waals surface area contributed by atoms with Gasteiger partial charge in [0, 0.05) is 13.2 Å². The van der Waals surface area contributed by atoms with Gasteiger partial charge in [0.05, 0.1) is 7.11 Å². The SMILES string of the molecule is CCOC(C(=O)OC)C(O)c1ccc(-c2cccc(CNC)c2)cc1. The van der Waals surface area contributed by atoms with Crippen molar-refractivity contribution in [1.29, 1.82) is 0 Å². The number of aliphatic hydroxyl groups is 1. The summed E-state index contributed by atoms with van der Waals surface area (Å²) in [5, 5.41) is 13.6. The molecule has 0 aliphatic carbocycles. The predicted molar refractivity (Wildman–Crippen MR) is 97.0 cm³/mol. The van der Waals surface area contributed by atoms with Crippen molar-refractivity contribution in [2.24, 2.45) is 0 Å². The highest BCUT2D eigenvalue weighted by Gasteiger charge is 2.29. The number of benzene rings is 2. The van der Waals surface area contributed by atoms with Gasteiger partial charge in [0.1, 0.15) is 6.10 Å². The Morgan fingerprint density at radius 1 is 1.16 bits per heavy atom. The smallest absolute Gasteiger partial charge is 0.338 e. The zero-order valence-electron chi connectivity index (χ0n) is 14.9. The van der Waals surface area contributed by atoms with Crippen LogP contribution in [0.3, 0.4) is 0 Å². The number of rotatable bonds is 8. The van der Waals surface area contributed by atoms with Gasteiger partial charge in [-0.1, -0.05) is 42.5 Å². The van der Waals surface area contributed by atoms with Gasteiger partial charge in [0.15, 0.2) is 6.10 Å². The van der Waals surface area contributed by atoms with E-state index in [1.807, 2.05) is 31.3 Å². The molecule has 0 saturated heterocycles. The van der Waals surface area contributed by atoms with Crippen molar-refractivity contribution in [2.45, 2.75) is 25.7 Å². The third-order valence-electron chi connectivity index (χ3n) is 3.96. The van der Waals surface area contributed by atoms with E-state index in [0.717, 1.165) is 17.7 Å². The second-order valence-electron chi connectivity index (χ2n) is 5.70. The molecule has 0 heterocycles. The van der Waals surface area contributed by atoms with Crippen molar-refractivity contribution < 1.29 is 19.4 Å². The first-order valence-electron chi connectivity index (χ1n) is 8.32. The Morgan fingerprint density at radius 2 is 1.88 bits per heavy atom. The van der Waals surface area contributed by atoms with E-state index >= 15 is 0 Å². The summed E-state index contributed by atoms with van der Waals surface area (Å²) in [5.74, 6) is -0.585. The summed E-state index contributed by atoms with van der Waals surface area (Å²) in [5.41, 5.74) is 3.95. The van der Waals surface area contributed by atoms with Gasteiger partial charge in [-0.05, 0) is 42.3 Å². The van der Waals surface area contributed by atoms with E-state index in [1.165, 1.54) is 12.7 Å². The lowest BCUT2D eigenvalue weighted by molar-refractivity contribution is -0.162. The average molecular weight is 343 g/mol.